The molecule has 0 aliphatic heterocycles. The molecule has 0 heterocycles. The summed E-state index contributed by atoms with van der Waals surface area (Å²) in [5.41, 5.74) is 7.85. The highest BCUT2D eigenvalue weighted by molar-refractivity contribution is 14.0. The molecule has 0 spiro atoms. The predicted octanol–water partition coefficient (Wildman–Crippen LogP) is 2.03. The van der Waals surface area contributed by atoms with E-state index in [9.17, 15) is 8.42 Å². The van der Waals surface area contributed by atoms with Crippen molar-refractivity contribution in [3.63, 3.8) is 0 Å². The zero-order chi connectivity index (χ0) is 14.3. The molecule has 0 saturated heterocycles. The van der Waals surface area contributed by atoms with E-state index in [1.807, 2.05) is 24.3 Å². The third kappa shape index (κ3) is 8.36. The van der Waals surface area contributed by atoms with E-state index in [1.54, 1.807) is 0 Å². The van der Waals surface area contributed by atoms with Crippen LogP contribution in [0.1, 0.15) is 18.9 Å². The summed E-state index contributed by atoms with van der Waals surface area (Å²) < 4.78 is 21.9. The van der Waals surface area contributed by atoms with Crippen LogP contribution < -0.4 is 11.1 Å². The molecule has 20 heavy (non-hydrogen) atoms. The number of nitrogens with zero attached hydrogens (tertiary/aromatic N) is 1. The lowest BCUT2D eigenvalue weighted by molar-refractivity contribution is 0.599. The van der Waals surface area contributed by atoms with E-state index < -0.39 is 9.84 Å². The van der Waals surface area contributed by atoms with E-state index in [-0.39, 0.29) is 29.7 Å². The predicted molar refractivity (Wildman–Crippen MR) is 95.7 cm³/mol. The molecule has 0 radical (unpaired) electrons. The van der Waals surface area contributed by atoms with Gasteiger partial charge in [-0.25, -0.2) is 8.42 Å². The molecule has 0 saturated carbocycles. The zero-order valence-electron chi connectivity index (χ0n) is 11.8. The Morgan fingerprint density at radius 1 is 1.40 bits per heavy atom. The fraction of sp³-hybridized carbons (Fsp3) is 0.462. The van der Waals surface area contributed by atoms with E-state index in [2.05, 4.69) is 17.2 Å². The molecule has 0 unspecified atom stereocenters. The Kier molecular flexibility index (Phi) is 8.79. The molecule has 114 valence electrons. The Labute approximate surface area is 138 Å². The van der Waals surface area contributed by atoms with Crippen molar-refractivity contribution in [2.24, 2.45) is 10.7 Å². The fourth-order valence-corrected chi connectivity index (χ4v) is 2.24. The standard InChI is InChI=1S/C13H21N3O2S.HI/c1-3-11-6-4-7-12(10-11)16-13(14)15-8-5-9-19(2,17)18;/h4,6-7,10H,3,5,8-9H2,1-2H3,(H3,14,15,16);1H. The third-order valence-electron chi connectivity index (χ3n) is 2.56. The van der Waals surface area contributed by atoms with Crippen molar-refractivity contribution in [2.45, 2.75) is 19.8 Å². The maximum Gasteiger partial charge on any atom is 0.193 e. The van der Waals surface area contributed by atoms with Gasteiger partial charge in [-0.15, -0.1) is 24.0 Å². The van der Waals surface area contributed by atoms with Crippen LogP contribution in [0.15, 0.2) is 29.3 Å². The first-order valence-electron chi connectivity index (χ1n) is 6.24. The second-order valence-electron chi connectivity index (χ2n) is 4.43. The van der Waals surface area contributed by atoms with Crippen molar-refractivity contribution in [1.29, 1.82) is 0 Å². The first-order valence-corrected chi connectivity index (χ1v) is 8.30. The summed E-state index contributed by atoms with van der Waals surface area (Å²) in [6, 6.07) is 7.93. The maximum absolute atomic E-state index is 10.9. The number of hydrogen-bond acceptors (Lipinski definition) is 3. The number of nitrogens with two attached hydrogens (primary N) is 1. The highest BCUT2D eigenvalue weighted by Gasteiger charge is 2.01. The molecule has 1 aromatic carbocycles. The van der Waals surface area contributed by atoms with Gasteiger partial charge in [-0.05, 0) is 30.5 Å². The molecule has 7 heteroatoms. The van der Waals surface area contributed by atoms with E-state index in [0.717, 1.165) is 12.1 Å². The number of guanidine groups is 1. The quantitative estimate of drug-likeness (QED) is 0.325. The topological polar surface area (TPSA) is 84.5 Å². The minimum Gasteiger partial charge on any atom is -0.370 e. The fourth-order valence-electron chi connectivity index (χ4n) is 1.58. The van der Waals surface area contributed by atoms with Gasteiger partial charge in [0.2, 0.25) is 0 Å². The number of halogens is 1. The van der Waals surface area contributed by atoms with Crippen LogP contribution in [0, 0.1) is 0 Å². The van der Waals surface area contributed by atoms with Crippen LogP contribution in [0.25, 0.3) is 0 Å². The van der Waals surface area contributed by atoms with Gasteiger partial charge in [-0.2, -0.15) is 0 Å². The Hall–Kier alpha value is -0.830. The van der Waals surface area contributed by atoms with Gasteiger partial charge >= 0.3 is 0 Å². The molecule has 0 aliphatic carbocycles. The summed E-state index contributed by atoms with van der Waals surface area (Å²) in [6.07, 6.45) is 2.66. The lowest BCUT2D eigenvalue weighted by Crippen LogP contribution is -2.23. The van der Waals surface area contributed by atoms with Crippen molar-refractivity contribution in [2.75, 3.05) is 23.9 Å². The van der Waals surface area contributed by atoms with Gasteiger partial charge in [0.05, 0.1) is 5.75 Å². The van der Waals surface area contributed by atoms with Crippen LogP contribution in [-0.4, -0.2) is 32.9 Å². The summed E-state index contributed by atoms with van der Waals surface area (Å²) in [5.74, 6) is 0.441. The average Bonchev–Trinajstić information content (AvgIpc) is 2.34. The number of nitrogens with one attached hydrogen (secondary N) is 1. The largest absolute Gasteiger partial charge is 0.370 e. The third-order valence-corrected chi connectivity index (χ3v) is 3.59. The number of aryl methyl sites for hydroxylation is 1. The van der Waals surface area contributed by atoms with E-state index in [1.165, 1.54) is 11.8 Å². The molecule has 1 aromatic rings. The van der Waals surface area contributed by atoms with Crippen LogP contribution in [0.3, 0.4) is 0 Å². The Balaban J connectivity index is 0.00000361. The van der Waals surface area contributed by atoms with Crippen molar-refractivity contribution < 1.29 is 8.42 Å². The SMILES string of the molecule is CCc1cccc(NC(N)=NCCCS(C)(=O)=O)c1.I. The molecule has 0 amide bonds. The highest BCUT2D eigenvalue weighted by atomic mass is 127. The number of hydrogen-bond donors (Lipinski definition) is 2. The molecule has 5 nitrogen and oxygen atoms in total. The summed E-state index contributed by atoms with van der Waals surface area (Å²) >= 11 is 0. The first-order chi connectivity index (χ1) is 8.90. The Bertz CT molecular complexity index is 544. The van der Waals surface area contributed by atoms with Crippen LogP contribution >= 0.6 is 24.0 Å². The Morgan fingerprint density at radius 3 is 2.70 bits per heavy atom. The van der Waals surface area contributed by atoms with Gasteiger partial charge in [-0.1, -0.05) is 19.1 Å². The molecular formula is C13H22IN3O2S. The summed E-state index contributed by atoms with van der Waals surface area (Å²) in [6.45, 7) is 2.49. The van der Waals surface area contributed by atoms with Gasteiger partial charge < -0.3 is 11.1 Å². The zero-order valence-corrected chi connectivity index (χ0v) is 14.9. The van der Waals surface area contributed by atoms with Gasteiger partial charge in [0.15, 0.2) is 5.96 Å². The van der Waals surface area contributed by atoms with Gasteiger partial charge in [0.25, 0.3) is 0 Å². The molecule has 0 bridgehead atoms. The average molecular weight is 411 g/mol. The van der Waals surface area contributed by atoms with Crippen molar-refractivity contribution in [3.05, 3.63) is 29.8 Å². The lowest BCUT2D eigenvalue weighted by atomic mass is 10.1. The van der Waals surface area contributed by atoms with Gasteiger partial charge in [0, 0.05) is 18.5 Å². The summed E-state index contributed by atoms with van der Waals surface area (Å²) in [4.78, 5) is 4.10. The molecule has 0 aromatic heterocycles. The molecule has 0 fully saturated rings. The van der Waals surface area contributed by atoms with Gasteiger partial charge in [0.1, 0.15) is 9.84 Å². The van der Waals surface area contributed by atoms with Gasteiger partial charge in [-0.3, -0.25) is 4.99 Å². The minimum atomic E-state index is -2.92. The second-order valence-corrected chi connectivity index (χ2v) is 6.69. The van der Waals surface area contributed by atoms with E-state index in [4.69, 9.17) is 5.73 Å². The number of rotatable bonds is 6. The van der Waals surface area contributed by atoms with Crippen molar-refractivity contribution in [1.82, 2.24) is 0 Å². The monoisotopic (exact) mass is 411 g/mol. The number of anilines is 1. The normalized spacial score (nSPS) is 11.8. The molecule has 0 atom stereocenters. The van der Waals surface area contributed by atoms with Crippen LogP contribution in [0.5, 0.6) is 0 Å². The smallest absolute Gasteiger partial charge is 0.193 e. The molecule has 1 rings (SSSR count). The van der Waals surface area contributed by atoms with Crippen molar-refractivity contribution >= 4 is 45.5 Å². The maximum atomic E-state index is 10.9. The minimum absolute atomic E-state index is 0. The van der Waals surface area contributed by atoms with Crippen LogP contribution in [-0.2, 0) is 16.3 Å². The lowest BCUT2D eigenvalue weighted by Gasteiger charge is -2.07. The number of benzene rings is 1. The van der Waals surface area contributed by atoms with Crippen molar-refractivity contribution in [3.8, 4) is 0 Å². The highest BCUT2D eigenvalue weighted by Crippen LogP contribution is 2.10. The molecular weight excluding hydrogens is 389 g/mol. The Morgan fingerprint density at radius 2 is 2.10 bits per heavy atom. The van der Waals surface area contributed by atoms with Crippen LogP contribution in [0.2, 0.25) is 0 Å². The number of aliphatic imine (C=N–C) groups is 1. The number of sulfone groups is 1. The molecule has 0 aliphatic rings. The van der Waals surface area contributed by atoms with E-state index in [0.29, 0.717) is 18.9 Å². The van der Waals surface area contributed by atoms with Crippen LogP contribution in [0.4, 0.5) is 5.69 Å². The summed E-state index contributed by atoms with van der Waals surface area (Å²) in [5, 5.41) is 2.99. The first kappa shape index (κ1) is 19.2. The second kappa shape index (κ2) is 9.17. The van der Waals surface area contributed by atoms with E-state index >= 15 is 0 Å². The summed E-state index contributed by atoms with van der Waals surface area (Å²) in [7, 11) is -2.92. The molecule has 3 N–H and O–H groups in total.